The van der Waals surface area contributed by atoms with Gasteiger partial charge in [-0.25, -0.2) is 8.42 Å². The molecule has 1 saturated heterocycles. The lowest BCUT2D eigenvalue weighted by Crippen LogP contribution is -2.51. The summed E-state index contributed by atoms with van der Waals surface area (Å²) in [6.07, 6.45) is 1.16. The number of rotatable bonds is 2. The van der Waals surface area contributed by atoms with Crippen LogP contribution in [0.25, 0.3) is 0 Å². The number of sulfone groups is 1. The van der Waals surface area contributed by atoms with Gasteiger partial charge in [0.15, 0.2) is 9.84 Å². The van der Waals surface area contributed by atoms with Crippen molar-refractivity contribution in [2.45, 2.75) is 24.8 Å². The summed E-state index contributed by atoms with van der Waals surface area (Å²) in [4.78, 5) is 14.4. The number of amides is 1. The standard InChI is InChI=1S/C14H20N2O3S.ClH/c1-10-4-5-12(8-13(10)20(3,18)19)14(17)16-7-6-15-11(2)9-16;/h4-5,8,11,15H,6-7,9H2,1-3H3;1H. The van der Waals surface area contributed by atoms with E-state index in [1.54, 1.807) is 24.0 Å². The molecule has 1 aromatic rings. The highest BCUT2D eigenvalue weighted by Crippen LogP contribution is 2.18. The largest absolute Gasteiger partial charge is 0.336 e. The maximum absolute atomic E-state index is 12.4. The summed E-state index contributed by atoms with van der Waals surface area (Å²) < 4.78 is 23.4. The first-order valence-electron chi connectivity index (χ1n) is 6.62. The molecule has 1 heterocycles. The number of aryl methyl sites for hydroxylation is 1. The lowest BCUT2D eigenvalue weighted by molar-refractivity contribution is 0.0709. The van der Waals surface area contributed by atoms with Gasteiger partial charge in [-0.15, -0.1) is 12.4 Å². The first-order chi connectivity index (χ1) is 9.29. The van der Waals surface area contributed by atoms with Crippen LogP contribution in [0.1, 0.15) is 22.8 Å². The van der Waals surface area contributed by atoms with Crippen molar-refractivity contribution in [2.75, 3.05) is 25.9 Å². The third-order valence-corrected chi connectivity index (χ3v) is 4.73. The number of nitrogens with one attached hydrogen (secondary N) is 1. The Balaban J connectivity index is 0.00000220. The van der Waals surface area contributed by atoms with Crippen molar-refractivity contribution >= 4 is 28.2 Å². The summed E-state index contributed by atoms with van der Waals surface area (Å²) in [7, 11) is -3.31. The van der Waals surface area contributed by atoms with E-state index in [0.717, 1.165) is 12.8 Å². The van der Waals surface area contributed by atoms with Gasteiger partial charge in [0.25, 0.3) is 5.91 Å². The molecule has 1 aliphatic rings. The summed E-state index contributed by atoms with van der Waals surface area (Å²) in [5.74, 6) is -0.108. The van der Waals surface area contributed by atoms with Crippen LogP contribution in [-0.2, 0) is 9.84 Å². The van der Waals surface area contributed by atoms with E-state index in [1.807, 2.05) is 6.92 Å². The van der Waals surface area contributed by atoms with Gasteiger partial charge < -0.3 is 10.2 Å². The quantitative estimate of drug-likeness (QED) is 0.885. The van der Waals surface area contributed by atoms with E-state index in [0.29, 0.717) is 24.2 Å². The average Bonchev–Trinajstić information content (AvgIpc) is 2.37. The summed E-state index contributed by atoms with van der Waals surface area (Å²) >= 11 is 0. The summed E-state index contributed by atoms with van der Waals surface area (Å²) in [5.41, 5.74) is 1.10. The Morgan fingerprint density at radius 3 is 2.62 bits per heavy atom. The highest BCUT2D eigenvalue weighted by molar-refractivity contribution is 7.90. The second-order valence-electron chi connectivity index (χ2n) is 5.36. The molecule has 0 aliphatic carbocycles. The van der Waals surface area contributed by atoms with Gasteiger partial charge in [-0.1, -0.05) is 6.07 Å². The van der Waals surface area contributed by atoms with Crippen molar-refractivity contribution in [1.82, 2.24) is 10.2 Å². The van der Waals surface area contributed by atoms with E-state index in [-0.39, 0.29) is 29.3 Å². The van der Waals surface area contributed by atoms with Crippen molar-refractivity contribution in [3.8, 4) is 0 Å². The highest BCUT2D eigenvalue weighted by atomic mass is 35.5. The molecule has 1 fully saturated rings. The topological polar surface area (TPSA) is 66.5 Å². The number of piperazine rings is 1. The monoisotopic (exact) mass is 332 g/mol. The molecule has 0 saturated carbocycles. The van der Waals surface area contributed by atoms with Crippen LogP contribution in [0.15, 0.2) is 23.1 Å². The van der Waals surface area contributed by atoms with Gasteiger partial charge in [0, 0.05) is 37.5 Å². The van der Waals surface area contributed by atoms with Crippen LogP contribution in [0.3, 0.4) is 0 Å². The smallest absolute Gasteiger partial charge is 0.253 e. The number of hydrogen-bond acceptors (Lipinski definition) is 4. The Labute approximate surface area is 132 Å². The lowest BCUT2D eigenvalue weighted by Gasteiger charge is -2.32. The maximum Gasteiger partial charge on any atom is 0.253 e. The number of carbonyl (C=O) groups is 1. The summed E-state index contributed by atoms with van der Waals surface area (Å²) in [6, 6.07) is 5.13. The molecule has 21 heavy (non-hydrogen) atoms. The Kier molecular flexibility index (Phi) is 5.78. The SMILES string of the molecule is Cc1ccc(C(=O)N2CCNC(C)C2)cc1S(C)(=O)=O.Cl. The zero-order valence-corrected chi connectivity index (χ0v) is 14.1. The number of hydrogen-bond donors (Lipinski definition) is 1. The van der Waals surface area contributed by atoms with Crippen LogP contribution in [0.5, 0.6) is 0 Å². The van der Waals surface area contributed by atoms with E-state index in [4.69, 9.17) is 0 Å². The van der Waals surface area contributed by atoms with Crippen LogP contribution < -0.4 is 5.32 Å². The zero-order valence-electron chi connectivity index (χ0n) is 12.4. The molecular formula is C14H21ClN2O3S. The molecule has 1 aromatic carbocycles. The Hall–Kier alpha value is -1.11. The van der Waals surface area contributed by atoms with E-state index >= 15 is 0 Å². The van der Waals surface area contributed by atoms with Gasteiger partial charge in [0.05, 0.1) is 4.90 Å². The molecule has 2 rings (SSSR count). The Morgan fingerprint density at radius 1 is 1.38 bits per heavy atom. The highest BCUT2D eigenvalue weighted by Gasteiger charge is 2.23. The lowest BCUT2D eigenvalue weighted by atomic mass is 10.1. The zero-order chi connectivity index (χ0) is 14.9. The molecule has 1 aliphatic heterocycles. The van der Waals surface area contributed by atoms with Crippen LogP contribution in [0, 0.1) is 6.92 Å². The van der Waals surface area contributed by atoms with E-state index < -0.39 is 9.84 Å². The third-order valence-electron chi connectivity index (χ3n) is 3.49. The molecule has 0 radical (unpaired) electrons. The predicted octanol–water partition coefficient (Wildman–Crippen LogP) is 1.25. The van der Waals surface area contributed by atoms with Crippen molar-refractivity contribution in [1.29, 1.82) is 0 Å². The molecule has 118 valence electrons. The van der Waals surface area contributed by atoms with E-state index in [1.165, 1.54) is 6.07 Å². The van der Waals surface area contributed by atoms with Crippen LogP contribution >= 0.6 is 12.4 Å². The first-order valence-corrected chi connectivity index (χ1v) is 8.51. The normalized spacial score (nSPS) is 19.0. The van der Waals surface area contributed by atoms with Crippen LogP contribution in [0.4, 0.5) is 0 Å². The number of halogens is 1. The van der Waals surface area contributed by atoms with Gasteiger partial charge in [0.1, 0.15) is 0 Å². The van der Waals surface area contributed by atoms with Gasteiger partial charge in [0.2, 0.25) is 0 Å². The summed E-state index contributed by atoms with van der Waals surface area (Å²) in [5, 5.41) is 3.27. The molecule has 0 bridgehead atoms. The fraction of sp³-hybridized carbons (Fsp3) is 0.500. The van der Waals surface area contributed by atoms with Crippen LogP contribution in [-0.4, -0.2) is 51.2 Å². The fourth-order valence-electron chi connectivity index (χ4n) is 2.43. The minimum Gasteiger partial charge on any atom is -0.336 e. The second-order valence-corrected chi connectivity index (χ2v) is 7.34. The predicted molar refractivity (Wildman–Crippen MR) is 84.9 cm³/mol. The molecule has 1 atom stereocenters. The van der Waals surface area contributed by atoms with Gasteiger partial charge >= 0.3 is 0 Å². The van der Waals surface area contributed by atoms with E-state index in [9.17, 15) is 13.2 Å². The first kappa shape index (κ1) is 17.9. The van der Waals surface area contributed by atoms with Crippen molar-refractivity contribution in [2.24, 2.45) is 0 Å². The van der Waals surface area contributed by atoms with Gasteiger partial charge in [-0.2, -0.15) is 0 Å². The molecule has 0 spiro atoms. The van der Waals surface area contributed by atoms with Gasteiger partial charge in [-0.05, 0) is 31.5 Å². The maximum atomic E-state index is 12.4. The number of nitrogens with zero attached hydrogens (tertiary/aromatic N) is 1. The number of benzene rings is 1. The third kappa shape index (κ3) is 4.18. The number of carbonyl (C=O) groups excluding carboxylic acids is 1. The van der Waals surface area contributed by atoms with Crippen LogP contribution in [0.2, 0.25) is 0 Å². The minimum absolute atomic E-state index is 0. The summed E-state index contributed by atoms with van der Waals surface area (Å²) in [6.45, 7) is 5.80. The Morgan fingerprint density at radius 2 is 2.05 bits per heavy atom. The molecule has 5 nitrogen and oxygen atoms in total. The van der Waals surface area contributed by atoms with Crippen molar-refractivity contribution in [3.05, 3.63) is 29.3 Å². The second kappa shape index (κ2) is 6.77. The van der Waals surface area contributed by atoms with E-state index in [2.05, 4.69) is 5.32 Å². The molecule has 1 amide bonds. The molecule has 1 unspecified atom stereocenters. The average molecular weight is 333 g/mol. The fourth-order valence-corrected chi connectivity index (χ4v) is 3.43. The molecule has 0 aromatic heterocycles. The van der Waals surface area contributed by atoms with Gasteiger partial charge in [-0.3, -0.25) is 4.79 Å². The Bertz CT molecular complexity index is 631. The molecule has 7 heteroatoms. The molecule has 1 N–H and O–H groups in total. The molecular weight excluding hydrogens is 312 g/mol. The van der Waals surface area contributed by atoms with Crippen molar-refractivity contribution in [3.63, 3.8) is 0 Å². The van der Waals surface area contributed by atoms with Crippen molar-refractivity contribution < 1.29 is 13.2 Å². The minimum atomic E-state index is -3.31.